The Morgan fingerprint density at radius 2 is 2.13 bits per heavy atom. The van der Waals surface area contributed by atoms with E-state index in [2.05, 4.69) is 27.4 Å². The van der Waals surface area contributed by atoms with Crippen LogP contribution in [0, 0.1) is 0 Å². The molecule has 1 aliphatic rings. The zero-order valence-electron chi connectivity index (χ0n) is 13.2. The fourth-order valence-electron chi connectivity index (χ4n) is 2.94. The second kappa shape index (κ2) is 7.72. The number of para-hydroxylation sites is 1. The number of hydrogen-bond donors (Lipinski definition) is 1. The molecule has 23 heavy (non-hydrogen) atoms. The molecule has 1 atom stereocenters. The molecule has 0 radical (unpaired) electrons. The third kappa shape index (κ3) is 4.52. The van der Waals surface area contributed by atoms with Gasteiger partial charge in [0.2, 0.25) is 5.91 Å². The Labute approximate surface area is 136 Å². The van der Waals surface area contributed by atoms with Crippen LogP contribution in [0.15, 0.2) is 48.9 Å². The first-order chi connectivity index (χ1) is 11.3. The number of piperidine rings is 1. The van der Waals surface area contributed by atoms with E-state index in [1.165, 1.54) is 0 Å². The maximum atomic E-state index is 12.4. The highest BCUT2D eigenvalue weighted by molar-refractivity contribution is 5.76. The summed E-state index contributed by atoms with van der Waals surface area (Å²) in [5.41, 5.74) is 1.99. The van der Waals surface area contributed by atoms with E-state index in [9.17, 15) is 4.79 Å². The van der Waals surface area contributed by atoms with Crippen molar-refractivity contribution in [2.45, 2.75) is 31.7 Å². The first-order valence-electron chi connectivity index (χ1n) is 8.15. The van der Waals surface area contributed by atoms with Crippen molar-refractivity contribution in [1.82, 2.24) is 14.9 Å². The van der Waals surface area contributed by atoms with Gasteiger partial charge in [-0.2, -0.15) is 0 Å². The molecule has 2 aromatic rings. The third-order valence-electron chi connectivity index (χ3n) is 4.13. The van der Waals surface area contributed by atoms with Gasteiger partial charge in [-0.3, -0.25) is 14.8 Å². The SMILES string of the molecule is O=C(CCc1cnccn1)N1CCCC(Nc2ccccc2)C1. The Balaban J connectivity index is 1.50. The molecule has 1 N–H and O–H groups in total. The van der Waals surface area contributed by atoms with E-state index in [0.29, 0.717) is 18.9 Å². The van der Waals surface area contributed by atoms with Gasteiger partial charge in [-0.1, -0.05) is 18.2 Å². The lowest BCUT2D eigenvalue weighted by molar-refractivity contribution is -0.132. The molecule has 1 amide bonds. The summed E-state index contributed by atoms with van der Waals surface area (Å²) < 4.78 is 0. The maximum Gasteiger partial charge on any atom is 0.223 e. The van der Waals surface area contributed by atoms with E-state index < -0.39 is 0 Å². The maximum absolute atomic E-state index is 12.4. The molecular weight excluding hydrogens is 288 g/mol. The van der Waals surface area contributed by atoms with Crippen LogP contribution in [0.4, 0.5) is 5.69 Å². The zero-order chi connectivity index (χ0) is 15.9. The first kappa shape index (κ1) is 15.5. The quantitative estimate of drug-likeness (QED) is 0.922. The van der Waals surface area contributed by atoms with Crippen molar-refractivity contribution in [1.29, 1.82) is 0 Å². The Hall–Kier alpha value is -2.43. The normalized spacial score (nSPS) is 17.7. The van der Waals surface area contributed by atoms with Gasteiger partial charge >= 0.3 is 0 Å². The van der Waals surface area contributed by atoms with Crippen LogP contribution >= 0.6 is 0 Å². The Kier molecular flexibility index (Phi) is 5.19. The van der Waals surface area contributed by atoms with Crippen molar-refractivity contribution >= 4 is 11.6 Å². The van der Waals surface area contributed by atoms with Crippen LogP contribution in [-0.4, -0.2) is 39.9 Å². The van der Waals surface area contributed by atoms with Crippen LogP contribution in [0.3, 0.4) is 0 Å². The van der Waals surface area contributed by atoms with E-state index in [4.69, 9.17) is 0 Å². The molecule has 0 spiro atoms. The van der Waals surface area contributed by atoms with Crippen molar-refractivity contribution in [2.24, 2.45) is 0 Å². The number of nitrogens with zero attached hydrogens (tertiary/aromatic N) is 3. The molecule has 1 aliphatic heterocycles. The minimum absolute atomic E-state index is 0.204. The molecule has 1 aromatic carbocycles. The number of anilines is 1. The van der Waals surface area contributed by atoms with Gasteiger partial charge in [0.25, 0.3) is 0 Å². The summed E-state index contributed by atoms with van der Waals surface area (Å²) in [6, 6.07) is 10.5. The van der Waals surface area contributed by atoms with Gasteiger partial charge in [0.15, 0.2) is 0 Å². The Morgan fingerprint density at radius 3 is 2.91 bits per heavy atom. The smallest absolute Gasteiger partial charge is 0.223 e. The van der Waals surface area contributed by atoms with Crippen molar-refractivity contribution in [3.8, 4) is 0 Å². The molecule has 0 aliphatic carbocycles. The number of aryl methyl sites for hydroxylation is 1. The number of benzene rings is 1. The van der Waals surface area contributed by atoms with Gasteiger partial charge in [-0.05, 0) is 31.4 Å². The molecule has 5 heteroatoms. The van der Waals surface area contributed by atoms with Gasteiger partial charge in [0.05, 0.1) is 5.69 Å². The second-order valence-electron chi connectivity index (χ2n) is 5.89. The number of nitrogens with one attached hydrogen (secondary N) is 1. The van der Waals surface area contributed by atoms with Crippen molar-refractivity contribution in [2.75, 3.05) is 18.4 Å². The van der Waals surface area contributed by atoms with Crippen LogP contribution in [0.25, 0.3) is 0 Å². The van der Waals surface area contributed by atoms with Gasteiger partial charge in [-0.25, -0.2) is 0 Å². The van der Waals surface area contributed by atoms with Gasteiger partial charge in [-0.15, -0.1) is 0 Å². The molecule has 0 saturated carbocycles. The molecule has 1 unspecified atom stereocenters. The lowest BCUT2D eigenvalue weighted by Gasteiger charge is -2.33. The molecule has 2 heterocycles. The molecule has 120 valence electrons. The average Bonchev–Trinajstić information content (AvgIpc) is 2.62. The van der Waals surface area contributed by atoms with Crippen molar-refractivity contribution < 1.29 is 4.79 Å². The van der Waals surface area contributed by atoms with Crippen molar-refractivity contribution in [3.05, 3.63) is 54.6 Å². The summed E-state index contributed by atoms with van der Waals surface area (Å²) in [5, 5.41) is 3.52. The molecule has 1 aromatic heterocycles. The highest BCUT2D eigenvalue weighted by Gasteiger charge is 2.23. The van der Waals surface area contributed by atoms with Crippen LogP contribution in [0.1, 0.15) is 25.0 Å². The van der Waals surface area contributed by atoms with Gasteiger partial charge < -0.3 is 10.2 Å². The number of hydrogen-bond acceptors (Lipinski definition) is 4. The standard InChI is InChI=1S/C18H22N4O/c23-18(9-8-16-13-19-10-11-20-16)22-12-4-7-17(14-22)21-15-5-2-1-3-6-15/h1-3,5-6,10-11,13,17,21H,4,7-9,12,14H2. The monoisotopic (exact) mass is 310 g/mol. The Morgan fingerprint density at radius 1 is 1.26 bits per heavy atom. The van der Waals surface area contributed by atoms with E-state index in [1.807, 2.05) is 23.1 Å². The summed E-state index contributed by atoms with van der Waals surface area (Å²) in [7, 11) is 0. The van der Waals surface area contributed by atoms with Crippen LogP contribution in [-0.2, 0) is 11.2 Å². The number of amides is 1. The van der Waals surface area contributed by atoms with Gasteiger partial charge in [0, 0.05) is 49.8 Å². The van der Waals surface area contributed by atoms with Crippen LogP contribution in [0.2, 0.25) is 0 Å². The van der Waals surface area contributed by atoms with Gasteiger partial charge in [0.1, 0.15) is 0 Å². The van der Waals surface area contributed by atoms with E-state index in [-0.39, 0.29) is 5.91 Å². The lowest BCUT2D eigenvalue weighted by atomic mass is 10.0. The largest absolute Gasteiger partial charge is 0.381 e. The number of carbonyl (C=O) groups excluding carboxylic acids is 1. The van der Waals surface area contributed by atoms with E-state index in [0.717, 1.165) is 37.3 Å². The topological polar surface area (TPSA) is 58.1 Å². The second-order valence-corrected chi connectivity index (χ2v) is 5.89. The minimum Gasteiger partial charge on any atom is -0.381 e. The first-order valence-corrected chi connectivity index (χ1v) is 8.15. The molecular formula is C18H22N4O. The minimum atomic E-state index is 0.204. The van der Waals surface area contributed by atoms with Crippen molar-refractivity contribution in [3.63, 3.8) is 0 Å². The summed E-state index contributed by atoms with van der Waals surface area (Å²) in [6.07, 6.45) is 8.33. The summed E-state index contributed by atoms with van der Waals surface area (Å²) in [6.45, 7) is 1.63. The van der Waals surface area contributed by atoms with Crippen LogP contribution in [0.5, 0.6) is 0 Å². The molecule has 0 bridgehead atoms. The van der Waals surface area contributed by atoms with E-state index in [1.54, 1.807) is 18.6 Å². The van der Waals surface area contributed by atoms with Crippen LogP contribution < -0.4 is 5.32 Å². The zero-order valence-corrected chi connectivity index (χ0v) is 13.2. The number of aromatic nitrogens is 2. The predicted molar refractivity (Wildman–Crippen MR) is 90.0 cm³/mol. The summed E-state index contributed by atoms with van der Waals surface area (Å²) in [4.78, 5) is 22.6. The highest BCUT2D eigenvalue weighted by atomic mass is 16.2. The fourth-order valence-corrected chi connectivity index (χ4v) is 2.94. The number of carbonyl (C=O) groups is 1. The predicted octanol–water partition coefficient (Wildman–Crippen LogP) is 2.51. The molecule has 1 saturated heterocycles. The van der Waals surface area contributed by atoms with E-state index >= 15 is 0 Å². The third-order valence-corrected chi connectivity index (χ3v) is 4.13. The number of rotatable bonds is 5. The lowest BCUT2D eigenvalue weighted by Crippen LogP contribution is -2.45. The molecule has 5 nitrogen and oxygen atoms in total. The number of likely N-dealkylation sites (tertiary alicyclic amines) is 1. The fraction of sp³-hybridized carbons (Fsp3) is 0.389. The summed E-state index contributed by atoms with van der Waals surface area (Å²) in [5.74, 6) is 0.204. The summed E-state index contributed by atoms with van der Waals surface area (Å²) >= 11 is 0. The average molecular weight is 310 g/mol. The Bertz CT molecular complexity index is 617. The molecule has 3 rings (SSSR count). The molecule has 1 fully saturated rings. The highest BCUT2D eigenvalue weighted by Crippen LogP contribution is 2.17.